The summed E-state index contributed by atoms with van der Waals surface area (Å²) in [5.74, 6) is 1.53. The monoisotopic (exact) mass is 636 g/mol. The first kappa shape index (κ1) is 21.7. The molecule has 1 aliphatic carbocycles. The van der Waals surface area contributed by atoms with Crippen LogP contribution in [0.4, 0.5) is 5.00 Å². The third-order valence-corrected chi connectivity index (χ3v) is 9.22. The lowest BCUT2D eigenvalue weighted by Gasteiger charge is -2.36. The van der Waals surface area contributed by atoms with Crippen LogP contribution < -0.4 is 15.4 Å². The molecule has 2 aliphatic rings. The number of anilines is 1. The van der Waals surface area contributed by atoms with Gasteiger partial charge in [-0.2, -0.15) is 0 Å². The van der Waals surface area contributed by atoms with Crippen LogP contribution in [0.1, 0.15) is 66.1 Å². The molecule has 7 heteroatoms. The molecule has 0 bridgehead atoms. The maximum absolute atomic E-state index is 13.1. The molecule has 1 amide bonds. The molecule has 0 saturated heterocycles. The zero-order valence-electron chi connectivity index (χ0n) is 17.1. The van der Waals surface area contributed by atoms with Crippen molar-refractivity contribution < 1.29 is 9.53 Å². The Labute approximate surface area is 203 Å². The summed E-state index contributed by atoms with van der Waals surface area (Å²) in [5, 5.41) is 7.78. The average molecular weight is 636 g/mol. The van der Waals surface area contributed by atoms with Crippen LogP contribution in [0.15, 0.2) is 12.1 Å². The van der Waals surface area contributed by atoms with Crippen LogP contribution in [0.3, 0.4) is 0 Å². The molecule has 156 valence electrons. The van der Waals surface area contributed by atoms with Crippen molar-refractivity contribution in [2.45, 2.75) is 52.6 Å². The lowest BCUT2D eigenvalue weighted by Crippen LogP contribution is -2.38. The minimum atomic E-state index is -0.281. The molecule has 4 nitrogen and oxygen atoms in total. The number of nitrogens with one attached hydrogen (secondary N) is 2. The first-order chi connectivity index (χ1) is 13.7. The Bertz CT molecular complexity index is 970. The van der Waals surface area contributed by atoms with Gasteiger partial charge in [0, 0.05) is 14.0 Å². The van der Waals surface area contributed by atoms with E-state index >= 15 is 0 Å². The van der Waals surface area contributed by atoms with Crippen LogP contribution in [0.2, 0.25) is 0 Å². The number of ether oxygens (including phenoxy) is 1. The van der Waals surface area contributed by atoms with Crippen molar-refractivity contribution in [3.8, 4) is 5.75 Å². The van der Waals surface area contributed by atoms with Crippen LogP contribution in [0.25, 0.3) is 0 Å². The van der Waals surface area contributed by atoms with Gasteiger partial charge in [0.15, 0.2) is 0 Å². The molecule has 2 aromatic rings. The molecular weight excluding hydrogens is 610 g/mol. The fourth-order valence-corrected chi connectivity index (χ4v) is 7.88. The van der Waals surface area contributed by atoms with Gasteiger partial charge in [-0.1, -0.05) is 27.2 Å². The first-order valence-corrected chi connectivity index (χ1v) is 13.0. The number of carbonyl (C=O) groups is 1. The van der Waals surface area contributed by atoms with Gasteiger partial charge in [-0.3, -0.25) is 4.79 Å². The summed E-state index contributed by atoms with van der Waals surface area (Å²) in [4.78, 5) is 14.5. The van der Waals surface area contributed by atoms with Crippen LogP contribution in [0.5, 0.6) is 5.75 Å². The minimum Gasteiger partial charge on any atom is -0.495 e. The quantitative estimate of drug-likeness (QED) is 0.385. The van der Waals surface area contributed by atoms with Crippen molar-refractivity contribution in [2.24, 2.45) is 11.3 Å². The number of amides is 1. The van der Waals surface area contributed by atoms with Crippen molar-refractivity contribution in [3.05, 3.63) is 40.8 Å². The van der Waals surface area contributed by atoms with E-state index in [2.05, 4.69) is 88.7 Å². The highest BCUT2D eigenvalue weighted by Crippen LogP contribution is 2.47. The largest absolute Gasteiger partial charge is 0.495 e. The SMILES string of the molecule is CCC(C)(C)C1CCc2c(sc3c2C(=O)NC(c2cc(I)cc(I)c2OC)N3)C1. The number of thiophene rings is 1. The number of carbonyl (C=O) groups excluding carboxylic acids is 1. The molecule has 0 saturated carbocycles. The summed E-state index contributed by atoms with van der Waals surface area (Å²) in [7, 11) is 1.68. The minimum absolute atomic E-state index is 0.0328. The van der Waals surface area contributed by atoms with E-state index in [-0.39, 0.29) is 12.1 Å². The van der Waals surface area contributed by atoms with Gasteiger partial charge in [-0.25, -0.2) is 0 Å². The van der Waals surface area contributed by atoms with Crippen molar-refractivity contribution in [3.63, 3.8) is 0 Å². The smallest absolute Gasteiger partial charge is 0.256 e. The molecule has 1 aliphatic heterocycles. The molecule has 2 unspecified atom stereocenters. The molecule has 2 atom stereocenters. The fraction of sp³-hybridized carbons (Fsp3) is 0.500. The lowest BCUT2D eigenvalue weighted by molar-refractivity contribution is 0.0934. The van der Waals surface area contributed by atoms with Crippen molar-refractivity contribution in [2.75, 3.05) is 12.4 Å². The van der Waals surface area contributed by atoms with Crippen molar-refractivity contribution in [1.29, 1.82) is 0 Å². The maximum Gasteiger partial charge on any atom is 0.256 e. The average Bonchev–Trinajstić information content (AvgIpc) is 3.05. The van der Waals surface area contributed by atoms with Crippen LogP contribution in [0, 0.1) is 18.5 Å². The third kappa shape index (κ3) is 3.91. The Balaban J connectivity index is 1.68. The Morgan fingerprint density at radius 2 is 2.03 bits per heavy atom. The predicted molar refractivity (Wildman–Crippen MR) is 136 cm³/mol. The number of hydrogen-bond acceptors (Lipinski definition) is 4. The number of halogens is 2. The van der Waals surface area contributed by atoms with Gasteiger partial charge in [0.1, 0.15) is 16.9 Å². The zero-order chi connectivity index (χ0) is 20.9. The summed E-state index contributed by atoms with van der Waals surface area (Å²) < 4.78 is 7.82. The van der Waals surface area contributed by atoms with Gasteiger partial charge < -0.3 is 15.4 Å². The van der Waals surface area contributed by atoms with Crippen LogP contribution >= 0.6 is 56.5 Å². The molecule has 4 rings (SSSR count). The van der Waals surface area contributed by atoms with E-state index in [1.54, 1.807) is 18.4 Å². The van der Waals surface area contributed by atoms with Crippen LogP contribution in [-0.2, 0) is 12.8 Å². The van der Waals surface area contributed by atoms with Gasteiger partial charge in [0.2, 0.25) is 0 Å². The Kier molecular flexibility index (Phi) is 6.11. The number of hydrogen-bond donors (Lipinski definition) is 2. The second-order valence-electron chi connectivity index (χ2n) is 8.55. The lowest BCUT2D eigenvalue weighted by atomic mass is 9.69. The molecule has 0 radical (unpaired) electrons. The Hall–Kier alpha value is -0.550. The molecule has 2 N–H and O–H groups in total. The second kappa shape index (κ2) is 8.18. The van der Waals surface area contributed by atoms with E-state index in [4.69, 9.17) is 4.74 Å². The van der Waals surface area contributed by atoms with E-state index in [1.807, 2.05) is 0 Å². The molecule has 1 aromatic heterocycles. The standard InChI is InChI=1S/C22H26I2N2O2S/c1-5-22(2,3)11-6-7-13-16(8-11)29-21-17(13)20(27)25-19(26-21)14-9-12(23)10-15(24)18(14)28-4/h9-11,19,26H,5-8H2,1-4H3,(H,25,27). The van der Waals surface area contributed by atoms with Gasteiger partial charge in [-0.05, 0) is 93.5 Å². The summed E-state index contributed by atoms with van der Waals surface area (Å²) in [6, 6.07) is 4.16. The van der Waals surface area contributed by atoms with Crippen molar-refractivity contribution in [1.82, 2.24) is 5.32 Å². The Morgan fingerprint density at radius 1 is 1.28 bits per heavy atom. The van der Waals surface area contributed by atoms with Crippen molar-refractivity contribution >= 4 is 67.4 Å². The zero-order valence-corrected chi connectivity index (χ0v) is 22.2. The van der Waals surface area contributed by atoms with E-state index in [1.165, 1.54) is 16.9 Å². The number of fused-ring (bicyclic) bond motifs is 3. The van der Waals surface area contributed by atoms with Gasteiger partial charge >= 0.3 is 0 Å². The van der Waals surface area contributed by atoms with Crippen LogP contribution in [-0.4, -0.2) is 13.0 Å². The highest BCUT2D eigenvalue weighted by molar-refractivity contribution is 14.1. The maximum atomic E-state index is 13.1. The molecular formula is C22H26I2N2O2S. The number of rotatable bonds is 4. The van der Waals surface area contributed by atoms with E-state index in [0.29, 0.717) is 11.3 Å². The normalized spacial score (nSPS) is 21.1. The fourth-order valence-electron chi connectivity index (χ4n) is 4.42. The molecule has 2 heterocycles. The molecule has 0 spiro atoms. The topological polar surface area (TPSA) is 50.4 Å². The molecule has 29 heavy (non-hydrogen) atoms. The summed E-state index contributed by atoms with van der Waals surface area (Å²) in [5.41, 5.74) is 3.44. The number of methoxy groups -OCH3 is 1. The number of benzene rings is 1. The molecule has 1 aromatic carbocycles. The summed E-state index contributed by atoms with van der Waals surface area (Å²) in [6.07, 6.45) is 4.15. The highest BCUT2D eigenvalue weighted by atomic mass is 127. The summed E-state index contributed by atoms with van der Waals surface area (Å²) in [6.45, 7) is 7.04. The van der Waals surface area contributed by atoms with Gasteiger partial charge in [0.05, 0.1) is 16.2 Å². The first-order valence-electron chi connectivity index (χ1n) is 10.00. The van der Waals surface area contributed by atoms with E-state index < -0.39 is 0 Å². The Morgan fingerprint density at radius 3 is 2.72 bits per heavy atom. The summed E-state index contributed by atoms with van der Waals surface area (Å²) >= 11 is 6.37. The second-order valence-corrected chi connectivity index (χ2v) is 12.1. The van der Waals surface area contributed by atoms with E-state index in [0.717, 1.165) is 48.3 Å². The third-order valence-electron chi connectivity index (χ3n) is 6.61. The molecule has 0 fully saturated rings. The van der Waals surface area contributed by atoms with E-state index in [9.17, 15) is 4.79 Å². The van der Waals surface area contributed by atoms with Gasteiger partial charge in [0.25, 0.3) is 5.91 Å². The van der Waals surface area contributed by atoms with Gasteiger partial charge in [-0.15, -0.1) is 11.3 Å². The predicted octanol–water partition coefficient (Wildman–Crippen LogP) is 6.36. The highest BCUT2D eigenvalue weighted by Gasteiger charge is 2.38.